The van der Waals surface area contributed by atoms with Gasteiger partial charge in [-0.2, -0.15) is 0 Å². The molecule has 0 amide bonds. The van der Waals surface area contributed by atoms with Crippen LogP contribution in [0.2, 0.25) is 0 Å². The number of carbonyl (C=O) groups excluding carboxylic acids is 1. The molecule has 1 aromatic carbocycles. The third kappa shape index (κ3) is 3.60. The molecule has 0 aromatic heterocycles. The summed E-state index contributed by atoms with van der Waals surface area (Å²) in [6.07, 6.45) is 0.0755. The minimum atomic E-state index is -0.857. The highest BCUT2D eigenvalue weighted by Gasteiger charge is 2.20. The number of nitro benzene ring substituents is 2. The standard InChI is InChI=1S/C11H10N2O6/c1-3-11(14)19-7(2)8-4-9(12(15)16)6-10(5-8)13(17)18/h3-7H,1H2,2H3. The molecule has 8 heteroatoms. The number of hydrogen-bond donors (Lipinski definition) is 0. The quantitative estimate of drug-likeness (QED) is 0.349. The Kier molecular flexibility index (Phi) is 4.30. The van der Waals surface area contributed by atoms with Gasteiger partial charge in [-0.15, -0.1) is 0 Å². The number of non-ortho nitro benzene ring substituents is 2. The molecule has 100 valence electrons. The third-order valence-electron chi connectivity index (χ3n) is 2.28. The maximum atomic E-state index is 11.0. The Morgan fingerprint density at radius 3 is 2.11 bits per heavy atom. The lowest BCUT2D eigenvalue weighted by Gasteiger charge is -2.11. The fourth-order valence-electron chi connectivity index (χ4n) is 1.35. The lowest BCUT2D eigenvalue weighted by Crippen LogP contribution is -2.07. The molecule has 1 unspecified atom stereocenters. The summed E-state index contributed by atoms with van der Waals surface area (Å²) in [5, 5.41) is 21.4. The van der Waals surface area contributed by atoms with Crippen molar-refractivity contribution in [2.75, 3.05) is 0 Å². The van der Waals surface area contributed by atoms with Crippen molar-refractivity contribution < 1.29 is 19.4 Å². The van der Waals surface area contributed by atoms with E-state index < -0.39 is 33.3 Å². The van der Waals surface area contributed by atoms with Crippen LogP contribution in [0.5, 0.6) is 0 Å². The van der Waals surface area contributed by atoms with E-state index in [2.05, 4.69) is 6.58 Å². The molecule has 1 rings (SSSR count). The Hall–Kier alpha value is -2.77. The second kappa shape index (κ2) is 5.71. The summed E-state index contributed by atoms with van der Waals surface area (Å²) in [7, 11) is 0. The summed E-state index contributed by atoms with van der Waals surface area (Å²) in [5.74, 6) is -0.721. The van der Waals surface area contributed by atoms with Crippen LogP contribution in [0, 0.1) is 20.2 Å². The first-order valence-corrected chi connectivity index (χ1v) is 5.12. The third-order valence-corrected chi connectivity index (χ3v) is 2.28. The van der Waals surface area contributed by atoms with Crippen molar-refractivity contribution in [3.8, 4) is 0 Å². The van der Waals surface area contributed by atoms with Gasteiger partial charge >= 0.3 is 5.97 Å². The molecule has 0 heterocycles. The number of carbonyl (C=O) groups is 1. The maximum absolute atomic E-state index is 11.0. The zero-order valence-electron chi connectivity index (χ0n) is 9.94. The zero-order valence-corrected chi connectivity index (χ0v) is 9.94. The Morgan fingerprint density at radius 2 is 1.74 bits per heavy atom. The average Bonchev–Trinajstić information content (AvgIpc) is 2.37. The Balaban J connectivity index is 3.18. The van der Waals surface area contributed by atoms with Crippen molar-refractivity contribution in [1.29, 1.82) is 0 Å². The lowest BCUT2D eigenvalue weighted by molar-refractivity contribution is -0.394. The van der Waals surface area contributed by atoms with E-state index in [1.54, 1.807) is 0 Å². The van der Waals surface area contributed by atoms with Gasteiger partial charge in [-0.05, 0) is 6.92 Å². The van der Waals surface area contributed by atoms with Gasteiger partial charge < -0.3 is 4.74 Å². The summed E-state index contributed by atoms with van der Waals surface area (Å²) >= 11 is 0. The van der Waals surface area contributed by atoms with Gasteiger partial charge in [-0.1, -0.05) is 6.58 Å². The van der Waals surface area contributed by atoms with Crippen molar-refractivity contribution in [3.63, 3.8) is 0 Å². The number of ether oxygens (including phenoxy) is 1. The summed E-state index contributed by atoms with van der Waals surface area (Å²) in [6.45, 7) is 4.66. The molecule has 0 aliphatic heterocycles. The van der Waals surface area contributed by atoms with Crippen molar-refractivity contribution in [1.82, 2.24) is 0 Å². The van der Waals surface area contributed by atoms with Gasteiger partial charge in [-0.25, -0.2) is 4.79 Å². The molecule has 0 bridgehead atoms. The van der Waals surface area contributed by atoms with Gasteiger partial charge in [0.2, 0.25) is 0 Å². The predicted molar refractivity (Wildman–Crippen MR) is 64.5 cm³/mol. The number of esters is 1. The van der Waals surface area contributed by atoms with Gasteiger partial charge in [-0.3, -0.25) is 20.2 Å². The molecule has 8 nitrogen and oxygen atoms in total. The van der Waals surface area contributed by atoms with Crippen molar-refractivity contribution >= 4 is 17.3 Å². The molecule has 1 atom stereocenters. The first-order chi connectivity index (χ1) is 8.85. The largest absolute Gasteiger partial charge is 0.455 e. The number of rotatable bonds is 5. The Bertz CT molecular complexity index is 522. The minimum absolute atomic E-state index is 0.163. The highest BCUT2D eigenvalue weighted by molar-refractivity contribution is 5.81. The van der Waals surface area contributed by atoms with Crippen LogP contribution < -0.4 is 0 Å². The number of hydrogen-bond acceptors (Lipinski definition) is 6. The molecule has 0 aliphatic carbocycles. The highest BCUT2D eigenvalue weighted by Crippen LogP contribution is 2.27. The predicted octanol–water partition coefficient (Wildman–Crippen LogP) is 2.29. The van der Waals surface area contributed by atoms with Gasteiger partial charge in [0.1, 0.15) is 6.10 Å². The van der Waals surface area contributed by atoms with E-state index in [9.17, 15) is 25.0 Å². The van der Waals surface area contributed by atoms with Gasteiger partial charge in [0.25, 0.3) is 11.4 Å². The smallest absolute Gasteiger partial charge is 0.330 e. The molecule has 0 fully saturated rings. The van der Waals surface area contributed by atoms with E-state index in [1.165, 1.54) is 6.92 Å². The fourth-order valence-corrected chi connectivity index (χ4v) is 1.35. The first-order valence-electron chi connectivity index (χ1n) is 5.12. The summed E-state index contributed by atoms with van der Waals surface area (Å²) in [6, 6.07) is 3.08. The normalized spacial score (nSPS) is 11.4. The van der Waals surface area contributed by atoms with Crippen molar-refractivity contribution in [2.24, 2.45) is 0 Å². The van der Waals surface area contributed by atoms with Crippen LogP contribution in [-0.2, 0) is 9.53 Å². The monoisotopic (exact) mass is 266 g/mol. The van der Waals surface area contributed by atoms with E-state index in [0.717, 1.165) is 24.3 Å². The van der Waals surface area contributed by atoms with Crippen molar-refractivity contribution in [3.05, 3.63) is 56.6 Å². The topological polar surface area (TPSA) is 113 Å². The molecule has 19 heavy (non-hydrogen) atoms. The van der Waals surface area contributed by atoms with E-state index in [4.69, 9.17) is 4.74 Å². The maximum Gasteiger partial charge on any atom is 0.330 e. The molecule has 0 N–H and O–H groups in total. The second-order valence-electron chi connectivity index (χ2n) is 3.58. The van der Waals surface area contributed by atoms with Crippen LogP contribution in [0.25, 0.3) is 0 Å². The molecule has 0 spiro atoms. The second-order valence-corrected chi connectivity index (χ2v) is 3.58. The van der Waals surface area contributed by atoms with E-state index in [0.29, 0.717) is 0 Å². The summed E-state index contributed by atoms with van der Waals surface area (Å²) < 4.78 is 4.85. The molecule has 1 aromatic rings. The number of nitrogens with zero attached hydrogens (tertiary/aromatic N) is 2. The Labute approximate surface area is 107 Å². The number of nitro groups is 2. The van der Waals surface area contributed by atoms with Gasteiger partial charge in [0.15, 0.2) is 0 Å². The van der Waals surface area contributed by atoms with Crippen LogP contribution in [0.15, 0.2) is 30.9 Å². The van der Waals surface area contributed by atoms with E-state index in [-0.39, 0.29) is 5.56 Å². The van der Waals surface area contributed by atoms with E-state index >= 15 is 0 Å². The van der Waals surface area contributed by atoms with Crippen LogP contribution >= 0.6 is 0 Å². The molecule has 0 saturated carbocycles. The van der Waals surface area contributed by atoms with Crippen molar-refractivity contribution in [2.45, 2.75) is 13.0 Å². The summed E-state index contributed by atoms with van der Waals surface area (Å²) in [5.41, 5.74) is -0.715. The first kappa shape index (κ1) is 14.3. The Morgan fingerprint density at radius 1 is 1.26 bits per heavy atom. The molecule has 0 radical (unpaired) electrons. The molecular formula is C11H10N2O6. The SMILES string of the molecule is C=CC(=O)OC(C)c1cc([N+](=O)[O-])cc([N+](=O)[O-])c1. The minimum Gasteiger partial charge on any atom is -0.455 e. The lowest BCUT2D eigenvalue weighted by atomic mass is 10.1. The fraction of sp³-hybridized carbons (Fsp3) is 0.182. The van der Waals surface area contributed by atoms with Gasteiger partial charge in [0.05, 0.1) is 15.9 Å². The molecule has 0 aliphatic rings. The zero-order chi connectivity index (χ0) is 14.6. The molecular weight excluding hydrogens is 256 g/mol. The average molecular weight is 266 g/mol. The highest BCUT2D eigenvalue weighted by atomic mass is 16.6. The van der Waals surface area contributed by atoms with Crippen LogP contribution in [0.4, 0.5) is 11.4 Å². The van der Waals surface area contributed by atoms with Gasteiger partial charge in [0, 0.05) is 23.8 Å². The van der Waals surface area contributed by atoms with Crippen LogP contribution in [0.1, 0.15) is 18.6 Å². The van der Waals surface area contributed by atoms with Crippen LogP contribution in [-0.4, -0.2) is 15.8 Å². The number of benzene rings is 1. The molecule has 0 saturated heterocycles. The van der Waals surface area contributed by atoms with Crippen LogP contribution in [0.3, 0.4) is 0 Å². The van der Waals surface area contributed by atoms with E-state index in [1.807, 2.05) is 0 Å². The summed E-state index contributed by atoms with van der Waals surface area (Å²) in [4.78, 5) is 30.9.